The molecule has 0 radical (unpaired) electrons. The molecule has 4 rings (SSSR count). The van der Waals surface area contributed by atoms with Gasteiger partial charge in [-0.15, -0.1) is 0 Å². The third-order valence-electron chi connectivity index (χ3n) is 7.00. The predicted octanol–water partition coefficient (Wildman–Crippen LogP) is 6.08. The van der Waals surface area contributed by atoms with E-state index in [0.29, 0.717) is 30.5 Å². The maximum atomic E-state index is 14.5. The van der Waals surface area contributed by atoms with E-state index in [0.717, 1.165) is 0 Å². The number of carbonyl (C=O) groups excluding carboxylic acids is 1. The van der Waals surface area contributed by atoms with Crippen LogP contribution in [0.2, 0.25) is 0 Å². The average Bonchev–Trinajstić information content (AvgIpc) is 3.30. The lowest BCUT2D eigenvalue weighted by Gasteiger charge is -2.33. The summed E-state index contributed by atoms with van der Waals surface area (Å²) in [7, 11) is 0. The van der Waals surface area contributed by atoms with Gasteiger partial charge >= 0.3 is 18.5 Å². The van der Waals surface area contributed by atoms with Crippen molar-refractivity contribution < 1.29 is 44.3 Å². The van der Waals surface area contributed by atoms with Gasteiger partial charge in [-0.3, -0.25) is 9.78 Å². The second kappa shape index (κ2) is 10.4. The molecule has 5 nitrogen and oxygen atoms in total. The van der Waals surface area contributed by atoms with Crippen molar-refractivity contribution in [2.24, 2.45) is 0 Å². The van der Waals surface area contributed by atoms with Crippen molar-refractivity contribution in [1.82, 2.24) is 15.3 Å². The quantitative estimate of drug-likeness (QED) is 0.431. The van der Waals surface area contributed by atoms with Gasteiger partial charge in [-0.2, -0.15) is 51.3 Å². The van der Waals surface area contributed by atoms with Gasteiger partial charge in [0, 0.05) is 13.1 Å². The van der Waals surface area contributed by atoms with Crippen LogP contribution in [0.4, 0.5) is 45.2 Å². The number of nitrogens with one attached hydrogen (secondary N) is 1. The van der Waals surface area contributed by atoms with Crippen molar-refractivity contribution in [1.29, 1.82) is 0 Å². The summed E-state index contributed by atoms with van der Waals surface area (Å²) < 4.78 is 124. The molecule has 1 aliphatic heterocycles. The van der Waals surface area contributed by atoms with E-state index in [4.69, 9.17) is 0 Å². The van der Waals surface area contributed by atoms with Crippen LogP contribution in [0.25, 0.3) is 0 Å². The van der Waals surface area contributed by atoms with Crippen LogP contribution in [0.15, 0.2) is 24.4 Å². The molecule has 0 aromatic carbocycles. The van der Waals surface area contributed by atoms with E-state index in [1.54, 1.807) is 12.3 Å². The summed E-state index contributed by atoms with van der Waals surface area (Å²) in [4.78, 5) is 20.2. The Labute approximate surface area is 221 Å². The van der Waals surface area contributed by atoms with Crippen LogP contribution in [-0.2, 0) is 29.0 Å². The molecule has 2 unspecified atom stereocenters. The second-order valence-corrected chi connectivity index (χ2v) is 10.4. The zero-order chi connectivity index (χ0) is 28.8. The molecule has 1 N–H and O–H groups in total. The number of thioether (sulfide) groups is 1. The van der Waals surface area contributed by atoms with Crippen molar-refractivity contribution in [2.75, 3.05) is 30.0 Å². The molecule has 2 aromatic rings. The summed E-state index contributed by atoms with van der Waals surface area (Å²) >= 11 is 1.34. The van der Waals surface area contributed by atoms with Crippen molar-refractivity contribution in [2.45, 2.75) is 55.7 Å². The highest BCUT2D eigenvalue weighted by Gasteiger charge is 2.60. The number of halogens is 9. The van der Waals surface area contributed by atoms with E-state index in [9.17, 15) is 44.3 Å². The number of carbonyl (C=O) groups is 1. The monoisotopic (exact) mass is 586 g/mol. The Bertz CT molecular complexity index is 1200. The first-order chi connectivity index (χ1) is 18.0. The molecule has 2 aliphatic rings. The molecule has 3 heterocycles. The molecule has 1 saturated heterocycles. The normalized spacial score (nSPS) is 22.1. The molecule has 214 valence electrons. The van der Waals surface area contributed by atoms with Gasteiger partial charge in [0.1, 0.15) is 16.8 Å². The van der Waals surface area contributed by atoms with Crippen molar-refractivity contribution in [3.8, 4) is 0 Å². The highest BCUT2D eigenvalue weighted by atomic mass is 32.2. The number of aromatic nitrogens is 2. The Hall–Kier alpha value is -2.71. The molecule has 1 aliphatic carbocycles. The second-order valence-electron chi connectivity index (χ2n) is 9.56. The first-order valence-electron chi connectivity index (χ1n) is 11.8. The number of amides is 1. The van der Waals surface area contributed by atoms with Gasteiger partial charge in [0.25, 0.3) is 0 Å². The Balaban J connectivity index is 1.70. The van der Waals surface area contributed by atoms with E-state index in [-0.39, 0.29) is 42.1 Å². The van der Waals surface area contributed by atoms with Crippen molar-refractivity contribution in [3.63, 3.8) is 0 Å². The molecule has 0 saturated carbocycles. The molecular formula is C24H23F9N4OS. The van der Waals surface area contributed by atoms with E-state index in [2.05, 4.69) is 15.3 Å². The molecule has 1 amide bonds. The predicted molar refractivity (Wildman–Crippen MR) is 125 cm³/mol. The van der Waals surface area contributed by atoms with Crippen LogP contribution in [0.3, 0.4) is 0 Å². The summed E-state index contributed by atoms with van der Waals surface area (Å²) in [5.41, 5.74) is -6.68. The van der Waals surface area contributed by atoms with Gasteiger partial charge in [0.2, 0.25) is 5.91 Å². The van der Waals surface area contributed by atoms with E-state index >= 15 is 0 Å². The van der Waals surface area contributed by atoms with Gasteiger partial charge < -0.3 is 10.2 Å². The summed E-state index contributed by atoms with van der Waals surface area (Å²) in [6.45, 7) is -1.18. The molecule has 39 heavy (non-hydrogen) atoms. The molecule has 0 bridgehead atoms. The molecule has 2 aromatic heterocycles. The number of hydrogen-bond acceptors (Lipinski definition) is 5. The molecule has 1 fully saturated rings. The number of nitrogens with zero attached hydrogens (tertiary/aromatic N) is 3. The minimum Gasteiger partial charge on any atom is -0.369 e. The number of pyridine rings is 2. The largest absolute Gasteiger partial charge is 0.433 e. The number of rotatable bonds is 5. The third kappa shape index (κ3) is 5.92. The Kier molecular flexibility index (Phi) is 7.78. The third-order valence-corrected chi connectivity index (χ3v) is 7.55. The fourth-order valence-electron chi connectivity index (χ4n) is 5.09. The maximum absolute atomic E-state index is 14.5. The van der Waals surface area contributed by atoms with Gasteiger partial charge in [-0.05, 0) is 61.3 Å². The number of anilines is 1. The summed E-state index contributed by atoms with van der Waals surface area (Å²) in [6.07, 6.45) is -11.7. The lowest BCUT2D eigenvalue weighted by Crippen LogP contribution is -2.45. The summed E-state index contributed by atoms with van der Waals surface area (Å²) in [5.74, 6) is 0.0627. The number of alkyl halides is 9. The number of fused-ring (bicyclic) bond motifs is 1. The topological polar surface area (TPSA) is 58.1 Å². The maximum Gasteiger partial charge on any atom is 0.433 e. The van der Waals surface area contributed by atoms with Crippen LogP contribution < -0.4 is 10.2 Å². The Morgan fingerprint density at radius 1 is 1.08 bits per heavy atom. The summed E-state index contributed by atoms with van der Waals surface area (Å²) in [6, 6.07) is 1.36. The van der Waals surface area contributed by atoms with Crippen molar-refractivity contribution >= 4 is 23.4 Å². The minimum atomic E-state index is -5.38. The fraction of sp³-hybridized carbons (Fsp3) is 0.542. The zero-order valence-corrected chi connectivity index (χ0v) is 21.2. The molecule has 0 spiro atoms. The highest BCUT2D eigenvalue weighted by Crippen LogP contribution is 2.50. The van der Waals surface area contributed by atoms with Crippen LogP contribution in [0, 0.1) is 0 Å². The van der Waals surface area contributed by atoms with Crippen LogP contribution >= 0.6 is 11.8 Å². The molecular weight excluding hydrogens is 563 g/mol. The number of hydrogen-bond donors (Lipinski definition) is 1. The van der Waals surface area contributed by atoms with Gasteiger partial charge in [0.05, 0.1) is 29.4 Å². The standard InChI is InChI=1S/C24H23F9N4OS/c1-39-11-19(38)35-16-4-2-3-13-7-15(10-34-20(13)16)37-6-5-21(12-37,24(31,32)33)14-8-17(22(25,26)27)36-18(9-14)23(28,29)30/h7-10,16H,2-6,11-12H2,1H3,(H,35,38). The molecule has 15 heteroatoms. The van der Waals surface area contributed by atoms with Crippen LogP contribution in [0.5, 0.6) is 0 Å². The van der Waals surface area contributed by atoms with E-state index in [1.165, 1.54) is 22.9 Å². The first-order valence-corrected chi connectivity index (χ1v) is 13.2. The van der Waals surface area contributed by atoms with Crippen molar-refractivity contribution in [3.05, 3.63) is 52.6 Å². The van der Waals surface area contributed by atoms with Gasteiger partial charge in [-0.1, -0.05) is 0 Å². The van der Waals surface area contributed by atoms with Gasteiger partial charge in [0.15, 0.2) is 0 Å². The molecule has 2 atom stereocenters. The minimum absolute atomic E-state index is 0.0548. The Morgan fingerprint density at radius 2 is 1.72 bits per heavy atom. The zero-order valence-electron chi connectivity index (χ0n) is 20.4. The average molecular weight is 587 g/mol. The fourth-order valence-corrected chi connectivity index (χ4v) is 5.44. The SMILES string of the molecule is CSCC(=O)NC1CCCc2cc(N3CCC(c4cc(C(F)(F)F)nc(C(F)(F)F)c4)(C(F)(F)F)C3)cnc21. The first kappa shape index (κ1) is 29.3. The lowest BCUT2D eigenvalue weighted by atomic mass is 9.78. The summed E-state index contributed by atoms with van der Waals surface area (Å²) in [5, 5.41) is 2.88. The number of aryl methyl sites for hydroxylation is 1. The van der Waals surface area contributed by atoms with Gasteiger partial charge in [-0.25, -0.2) is 4.98 Å². The van der Waals surface area contributed by atoms with E-state index in [1.807, 2.05) is 0 Å². The highest BCUT2D eigenvalue weighted by molar-refractivity contribution is 7.99. The van der Waals surface area contributed by atoms with E-state index < -0.39 is 53.9 Å². The Morgan fingerprint density at radius 3 is 2.28 bits per heavy atom. The van der Waals surface area contributed by atoms with Crippen LogP contribution in [-0.4, -0.2) is 47.1 Å². The lowest BCUT2D eigenvalue weighted by molar-refractivity contribution is -0.185. The smallest absolute Gasteiger partial charge is 0.369 e. The van der Waals surface area contributed by atoms with Crippen LogP contribution in [0.1, 0.15) is 53.5 Å².